The van der Waals surface area contributed by atoms with E-state index in [4.69, 9.17) is 5.11 Å². The van der Waals surface area contributed by atoms with Crippen LogP contribution in [-0.2, 0) is 0 Å². The van der Waals surface area contributed by atoms with Gasteiger partial charge >= 0.3 is 5.97 Å². The van der Waals surface area contributed by atoms with E-state index >= 15 is 0 Å². The lowest BCUT2D eigenvalue weighted by Crippen LogP contribution is -2.20. The van der Waals surface area contributed by atoms with E-state index in [0.29, 0.717) is 11.0 Å². The number of rotatable bonds is 5. The Morgan fingerprint density at radius 3 is 2.48 bits per heavy atom. The number of hydrogen-bond donors (Lipinski definition) is 1. The molecule has 0 atom stereocenters. The molecule has 0 aliphatic heterocycles. The van der Waals surface area contributed by atoms with Crippen LogP contribution in [-0.4, -0.2) is 11.1 Å². The highest BCUT2D eigenvalue weighted by Gasteiger charge is 2.27. The molecule has 0 heterocycles. The van der Waals surface area contributed by atoms with Gasteiger partial charge < -0.3 is 5.11 Å². The van der Waals surface area contributed by atoms with Gasteiger partial charge in [0.25, 0.3) is 0 Å². The van der Waals surface area contributed by atoms with Crippen LogP contribution in [0.2, 0.25) is 0 Å². The first-order chi connectivity index (χ1) is 10.8. The van der Waals surface area contributed by atoms with Crippen molar-refractivity contribution >= 4 is 12.0 Å². The van der Waals surface area contributed by atoms with Gasteiger partial charge in [-0.05, 0) is 69.1 Å². The molecule has 0 fully saturated rings. The smallest absolute Gasteiger partial charge is 0.335 e. The van der Waals surface area contributed by atoms with E-state index in [1.807, 2.05) is 12.1 Å². The van der Waals surface area contributed by atoms with Gasteiger partial charge in [0.15, 0.2) is 0 Å². The fourth-order valence-corrected chi connectivity index (χ4v) is 3.63. The maximum atomic E-state index is 10.9. The van der Waals surface area contributed by atoms with Gasteiger partial charge in [-0.15, -0.1) is 0 Å². The fraction of sp³-hybridized carbons (Fsp3) is 0.476. The van der Waals surface area contributed by atoms with Crippen molar-refractivity contribution in [3.8, 4) is 0 Å². The Bertz CT molecular complexity index is 630. The molecule has 1 aromatic carbocycles. The highest BCUT2D eigenvalue weighted by atomic mass is 16.4. The van der Waals surface area contributed by atoms with E-state index in [2.05, 4.69) is 33.8 Å². The molecule has 1 aromatic rings. The minimum Gasteiger partial charge on any atom is -0.478 e. The number of allylic oxidation sites excluding steroid dienone is 3. The van der Waals surface area contributed by atoms with Crippen LogP contribution in [0.15, 0.2) is 41.0 Å². The van der Waals surface area contributed by atoms with Crippen molar-refractivity contribution in [3.05, 3.63) is 52.1 Å². The van der Waals surface area contributed by atoms with E-state index in [9.17, 15) is 4.79 Å². The molecule has 0 amide bonds. The van der Waals surface area contributed by atoms with Crippen LogP contribution in [0.5, 0.6) is 0 Å². The average molecular weight is 312 g/mol. The molecule has 0 unspecified atom stereocenters. The van der Waals surface area contributed by atoms with Gasteiger partial charge in [0, 0.05) is 0 Å². The third kappa shape index (κ3) is 4.57. The van der Waals surface area contributed by atoms with Gasteiger partial charge in [-0.25, -0.2) is 4.79 Å². The standard InChI is InChI=1S/C21H28O2/c1-15(14-17-8-10-18(11-9-17)20(22)23)7-12-19-16(2)6-5-13-21(19,3)4/h8-11,14H,5-7,12-13H2,1-4H3,(H,22,23)/b15-14-. The number of hydrogen-bond acceptors (Lipinski definition) is 1. The molecule has 0 saturated heterocycles. The van der Waals surface area contributed by atoms with E-state index in [-0.39, 0.29) is 0 Å². The lowest BCUT2D eigenvalue weighted by atomic mass is 9.71. The normalized spacial score (nSPS) is 18.2. The van der Waals surface area contributed by atoms with Crippen LogP contribution in [0.4, 0.5) is 0 Å². The van der Waals surface area contributed by atoms with Crippen molar-refractivity contribution < 1.29 is 9.90 Å². The van der Waals surface area contributed by atoms with Gasteiger partial charge in [-0.1, -0.05) is 48.8 Å². The van der Waals surface area contributed by atoms with Crippen molar-refractivity contribution in [1.82, 2.24) is 0 Å². The van der Waals surface area contributed by atoms with Crippen molar-refractivity contribution in [2.24, 2.45) is 5.41 Å². The second-order valence-corrected chi connectivity index (χ2v) is 7.41. The number of benzene rings is 1. The van der Waals surface area contributed by atoms with Crippen LogP contribution >= 0.6 is 0 Å². The lowest BCUT2D eigenvalue weighted by Gasteiger charge is -2.35. The average Bonchev–Trinajstić information content (AvgIpc) is 2.46. The molecule has 0 saturated carbocycles. The molecule has 1 aliphatic rings. The van der Waals surface area contributed by atoms with Gasteiger partial charge in [0.2, 0.25) is 0 Å². The molecule has 0 aromatic heterocycles. The SMILES string of the molecule is CC1=C(CC/C(C)=C\c2ccc(C(=O)O)cc2)C(C)(C)CCC1. The van der Waals surface area contributed by atoms with Crippen LogP contribution in [0, 0.1) is 5.41 Å². The van der Waals surface area contributed by atoms with Gasteiger partial charge in [0.05, 0.1) is 5.56 Å². The van der Waals surface area contributed by atoms with Gasteiger partial charge in [-0.2, -0.15) is 0 Å². The maximum absolute atomic E-state index is 10.9. The number of carboxylic acids is 1. The first-order valence-corrected chi connectivity index (χ1v) is 8.49. The van der Waals surface area contributed by atoms with E-state index < -0.39 is 5.97 Å². The first-order valence-electron chi connectivity index (χ1n) is 8.49. The Kier molecular flexibility index (Phi) is 5.46. The molecule has 124 valence electrons. The summed E-state index contributed by atoms with van der Waals surface area (Å²) in [5.41, 5.74) is 6.31. The summed E-state index contributed by atoms with van der Waals surface area (Å²) in [7, 11) is 0. The Labute approximate surface area is 139 Å². The molecular formula is C21H28O2. The molecule has 1 N–H and O–H groups in total. The van der Waals surface area contributed by atoms with Crippen LogP contribution in [0.1, 0.15) is 75.7 Å². The van der Waals surface area contributed by atoms with E-state index in [1.54, 1.807) is 23.3 Å². The minimum absolute atomic E-state index is 0.338. The fourth-order valence-electron chi connectivity index (χ4n) is 3.63. The van der Waals surface area contributed by atoms with Gasteiger partial charge in [0.1, 0.15) is 0 Å². The Morgan fingerprint density at radius 2 is 1.91 bits per heavy atom. The predicted molar refractivity (Wildman–Crippen MR) is 96.6 cm³/mol. The maximum Gasteiger partial charge on any atom is 0.335 e. The summed E-state index contributed by atoms with van der Waals surface area (Å²) in [6.07, 6.45) is 8.22. The highest BCUT2D eigenvalue weighted by molar-refractivity contribution is 5.87. The molecule has 2 rings (SSSR count). The zero-order valence-corrected chi connectivity index (χ0v) is 14.8. The molecule has 0 spiro atoms. The largest absolute Gasteiger partial charge is 0.478 e. The van der Waals surface area contributed by atoms with Crippen molar-refractivity contribution in [2.45, 2.75) is 59.8 Å². The zero-order chi connectivity index (χ0) is 17.0. The molecule has 1 aliphatic carbocycles. The van der Waals surface area contributed by atoms with E-state index in [0.717, 1.165) is 18.4 Å². The molecule has 0 radical (unpaired) electrons. The third-order valence-electron chi connectivity index (χ3n) is 5.03. The highest BCUT2D eigenvalue weighted by Crippen LogP contribution is 2.42. The van der Waals surface area contributed by atoms with Crippen molar-refractivity contribution in [1.29, 1.82) is 0 Å². The summed E-state index contributed by atoms with van der Waals surface area (Å²) in [5.74, 6) is -0.876. The van der Waals surface area contributed by atoms with E-state index in [1.165, 1.54) is 24.8 Å². The summed E-state index contributed by atoms with van der Waals surface area (Å²) in [5, 5.41) is 8.94. The summed E-state index contributed by atoms with van der Waals surface area (Å²) < 4.78 is 0. The lowest BCUT2D eigenvalue weighted by molar-refractivity contribution is 0.0697. The number of carboxylic acid groups (broad SMARTS) is 1. The quantitative estimate of drug-likeness (QED) is 0.667. The molecule has 23 heavy (non-hydrogen) atoms. The van der Waals surface area contributed by atoms with Crippen molar-refractivity contribution in [3.63, 3.8) is 0 Å². The van der Waals surface area contributed by atoms with Crippen LogP contribution < -0.4 is 0 Å². The van der Waals surface area contributed by atoms with Crippen LogP contribution in [0.25, 0.3) is 6.08 Å². The Balaban J connectivity index is 2.04. The molecule has 2 heteroatoms. The second-order valence-electron chi connectivity index (χ2n) is 7.41. The second kappa shape index (κ2) is 7.16. The summed E-state index contributed by atoms with van der Waals surface area (Å²) in [6.45, 7) is 9.19. The summed E-state index contributed by atoms with van der Waals surface area (Å²) >= 11 is 0. The monoisotopic (exact) mass is 312 g/mol. The van der Waals surface area contributed by atoms with Crippen molar-refractivity contribution in [2.75, 3.05) is 0 Å². The summed E-state index contributed by atoms with van der Waals surface area (Å²) in [4.78, 5) is 10.9. The Morgan fingerprint density at radius 1 is 1.26 bits per heavy atom. The summed E-state index contributed by atoms with van der Waals surface area (Å²) in [6, 6.07) is 7.08. The topological polar surface area (TPSA) is 37.3 Å². The van der Waals surface area contributed by atoms with Crippen LogP contribution in [0.3, 0.4) is 0 Å². The minimum atomic E-state index is -0.876. The Hall–Kier alpha value is -1.83. The third-order valence-corrected chi connectivity index (χ3v) is 5.03. The number of aromatic carboxylic acids is 1. The molecule has 0 bridgehead atoms. The number of carbonyl (C=O) groups is 1. The molecule has 2 nitrogen and oxygen atoms in total. The van der Waals surface area contributed by atoms with Gasteiger partial charge in [-0.3, -0.25) is 0 Å². The zero-order valence-electron chi connectivity index (χ0n) is 14.8. The molecular weight excluding hydrogens is 284 g/mol. The first kappa shape index (κ1) is 17.5. The predicted octanol–water partition coefficient (Wildman–Crippen LogP) is 6.09.